The maximum atomic E-state index is 4.40. The molecule has 2 N–H and O–H groups in total. The van der Waals surface area contributed by atoms with Gasteiger partial charge in [0.05, 0.1) is 18.4 Å². The SMILES string of the molecule is CCNc1cncc(NC(C)c2nccs2)n1. The van der Waals surface area contributed by atoms with E-state index in [-0.39, 0.29) is 6.04 Å². The minimum Gasteiger partial charge on any atom is -0.369 e. The maximum Gasteiger partial charge on any atom is 0.147 e. The van der Waals surface area contributed by atoms with Gasteiger partial charge in [0.2, 0.25) is 0 Å². The summed E-state index contributed by atoms with van der Waals surface area (Å²) in [6.07, 6.45) is 5.23. The normalized spacial score (nSPS) is 12.1. The first kappa shape index (κ1) is 11.8. The number of thiazole rings is 1. The van der Waals surface area contributed by atoms with E-state index in [1.807, 2.05) is 12.3 Å². The van der Waals surface area contributed by atoms with E-state index in [0.717, 1.165) is 23.2 Å². The van der Waals surface area contributed by atoms with Crippen molar-refractivity contribution in [3.05, 3.63) is 29.0 Å². The highest BCUT2D eigenvalue weighted by Gasteiger charge is 2.08. The van der Waals surface area contributed by atoms with Crippen molar-refractivity contribution in [3.8, 4) is 0 Å². The van der Waals surface area contributed by atoms with E-state index in [0.29, 0.717) is 0 Å². The van der Waals surface area contributed by atoms with Crippen LogP contribution in [0.15, 0.2) is 24.0 Å². The maximum absolute atomic E-state index is 4.40. The molecule has 2 aromatic rings. The van der Waals surface area contributed by atoms with Crippen LogP contribution >= 0.6 is 11.3 Å². The Morgan fingerprint density at radius 1 is 1.35 bits per heavy atom. The lowest BCUT2D eigenvalue weighted by atomic mass is 10.3. The molecule has 0 aliphatic carbocycles. The molecule has 1 unspecified atom stereocenters. The number of nitrogens with one attached hydrogen (secondary N) is 2. The number of hydrogen-bond donors (Lipinski definition) is 2. The summed E-state index contributed by atoms with van der Waals surface area (Å²) in [5.41, 5.74) is 0. The zero-order chi connectivity index (χ0) is 12.1. The van der Waals surface area contributed by atoms with Gasteiger partial charge < -0.3 is 10.6 Å². The molecule has 5 nitrogen and oxygen atoms in total. The van der Waals surface area contributed by atoms with Gasteiger partial charge in [-0.15, -0.1) is 11.3 Å². The first-order valence-corrected chi connectivity index (χ1v) is 6.39. The molecule has 2 rings (SSSR count). The predicted molar refractivity (Wildman–Crippen MR) is 70.3 cm³/mol. The van der Waals surface area contributed by atoms with Gasteiger partial charge in [0, 0.05) is 18.1 Å². The third kappa shape index (κ3) is 3.13. The van der Waals surface area contributed by atoms with E-state index in [4.69, 9.17) is 0 Å². The Morgan fingerprint density at radius 2 is 2.18 bits per heavy atom. The number of rotatable bonds is 5. The van der Waals surface area contributed by atoms with E-state index in [2.05, 4.69) is 32.5 Å². The van der Waals surface area contributed by atoms with Gasteiger partial charge >= 0.3 is 0 Å². The quantitative estimate of drug-likeness (QED) is 0.852. The van der Waals surface area contributed by atoms with Gasteiger partial charge in [0.1, 0.15) is 16.6 Å². The van der Waals surface area contributed by atoms with Crippen LogP contribution in [0.3, 0.4) is 0 Å². The minimum absolute atomic E-state index is 0.140. The Bertz CT molecular complexity index is 457. The molecule has 2 aromatic heterocycles. The van der Waals surface area contributed by atoms with E-state index >= 15 is 0 Å². The van der Waals surface area contributed by atoms with Crippen LogP contribution in [0.4, 0.5) is 11.6 Å². The van der Waals surface area contributed by atoms with Crippen LogP contribution in [0, 0.1) is 0 Å². The molecular formula is C11H15N5S. The lowest BCUT2D eigenvalue weighted by molar-refractivity contribution is 0.858. The van der Waals surface area contributed by atoms with Crippen molar-refractivity contribution in [2.24, 2.45) is 0 Å². The standard InChI is InChI=1S/C11H15N5S/c1-3-13-9-6-12-7-10(16-9)15-8(2)11-14-4-5-17-11/h4-8H,3H2,1-2H3,(H2,13,15,16). The molecule has 0 bridgehead atoms. The zero-order valence-corrected chi connectivity index (χ0v) is 10.7. The molecule has 0 aliphatic rings. The predicted octanol–water partition coefficient (Wildman–Crippen LogP) is 2.54. The third-order valence-electron chi connectivity index (χ3n) is 2.18. The molecule has 0 aliphatic heterocycles. The van der Waals surface area contributed by atoms with Gasteiger partial charge in [-0.2, -0.15) is 0 Å². The van der Waals surface area contributed by atoms with Crippen LogP contribution in [0.25, 0.3) is 0 Å². The monoisotopic (exact) mass is 249 g/mol. The van der Waals surface area contributed by atoms with Crippen molar-refractivity contribution in [2.75, 3.05) is 17.2 Å². The highest BCUT2D eigenvalue weighted by atomic mass is 32.1. The van der Waals surface area contributed by atoms with Crippen LogP contribution in [-0.2, 0) is 0 Å². The molecule has 6 heteroatoms. The Labute approximate surface area is 104 Å². The van der Waals surface area contributed by atoms with Crippen molar-refractivity contribution >= 4 is 23.0 Å². The first-order valence-electron chi connectivity index (χ1n) is 5.51. The molecular weight excluding hydrogens is 234 g/mol. The van der Waals surface area contributed by atoms with Crippen LogP contribution in [0.1, 0.15) is 24.9 Å². The van der Waals surface area contributed by atoms with E-state index in [1.165, 1.54) is 0 Å². The van der Waals surface area contributed by atoms with Crippen molar-refractivity contribution < 1.29 is 0 Å². The van der Waals surface area contributed by atoms with Gasteiger partial charge in [-0.1, -0.05) is 0 Å². The largest absolute Gasteiger partial charge is 0.369 e. The molecule has 0 aromatic carbocycles. The third-order valence-corrected chi connectivity index (χ3v) is 3.14. The topological polar surface area (TPSA) is 62.7 Å². The van der Waals surface area contributed by atoms with Gasteiger partial charge in [0.15, 0.2) is 0 Å². The average molecular weight is 249 g/mol. The molecule has 0 amide bonds. The van der Waals surface area contributed by atoms with Gasteiger partial charge in [-0.05, 0) is 13.8 Å². The average Bonchev–Trinajstić information content (AvgIpc) is 2.83. The second-order valence-corrected chi connectivity index (χ2v) is 4.48. The van der Waals surface area contributed by atoms with Gasteiger partial charge in [-0.25, -0.2) is 9.97 Å². The van der Waals surface area contributed by atoms with Crippen LogP contribution in [0.2, 0.25) is 0 Å². The van der Waals surface area contributed by atoms with E-state index in [1.54, 1.807) is 29.9 Å². The molecule has 0 spiro atoms. The smallest absolute Gasteiger partial charge is 0.147 e. The lowest BCUT2D eigenvalue weighted by Crippen LogP contribution is -2.09. The fraction of sp³-hybridized carbons (Fsp3) is 0.364. The second-order valence-electron chi connectivity index (χ2n) is 3.56. The highest BCUT2D eigenvalue weighted by molar-refractivity contribution is 7.09. The van der Waals surface area contributed by atoms with Crippen molar-refractivity contribution in [1.82, 2.24) is 15.0 Å². The summed E-state index contributed by atoms with van der Waals surface area (Å²) in [4.78, 5) is 12.8. The van der Waals surface area contributed by atoms with Crippen LogP contribution < -0.4 is 10.6 Å². The highest BCUT2D eigenvalue weighted by Crippen LogP contribution is 2.19. The molecule has 0 saturated carbocycles. The Kier molecular flexibility index (Phi) is 3.87. The zero-order valence-electron chi connectivity index (χ0n) is 9.84. The molecule has 0 radical (unpaired) electrons. The van der Waals surface area contributed by atoms with E-state index in [9.17, 15) is 0 Å². The summed E-state index contributed by atoms with van der Waals surface area (Å²) >= 11 is 1.63. The van der Waals surface area contributed by atoms with Crippen molar-refractivity contribution in [3.63, 3.8) is 0 Å². The fourth-order valence-corrected chi connectivity index (χ4v) is 2.08. The number of aromatic nitrogens is 3. The lowest BCUT2D eigenvalue weighted by Gasteiger charge is -2.12. The van der Waals surface area contributed by atoms with Gasteiger partial charge in [-0.3, -0.25) is 4.98 Å². The fourth-order valence-electron chi connectivity index (χ4n) is 1.43. The number of nitrogens with zero attached hydrogens (tertiary/aromatic N) is 3. The minimum atomic E-state index is 0.140. The Morgan fingerprint density at radius 3 is 2.88 bits per heavy atom. The Balaban J connectivity index is 2.05. The molecule has 17 heavy (non-hydrogen) atoms. The Hall–Kier alpha value is -1.69. The van der Waals surface area contributed by atoms with E-state index < -0.39 is 0 Å². The summed E-state index contributed by atoms with van der Waals surface area (Å²) in [5.74, 6) is 1.54. The summed E-state index contributed by atoms with van der Waals surface area (Å²) in [5, 5.41) is 9.42. The summed E-state index contributed by atoms with van der Waals surface area (Å²) in [7, 11) is 0. The molecule has 0 saturated heterocycles. The first-order chi connectivity index (χ1) is 8.29. The second kappa shape index (κ2) is 5.58. The molecule has 90 valence electrons. The number of anilines is 2. The van der Waals surface area contributed by atoms with Crippen LogP contribution in [-0.4, -0.2) is 21.5 Å². The molecule has 0 fully saturated rings. The van der Waals surface area contributed by atoms with Crippen LogP contribution in [0.5, 0.6) is 0 Å². The number of hydrogen-bond acceptors (Lipinski definition) is 6. The van der Waals surface area contributed by atoms with Crippen molar-refractivity contribution in [2.45, 2.75) is 19.9 Å². The summed E-state index contributed by atoms with van der Waals surface area (Å²) in [6, 6.07) is 0.140. The summed E-state index contributed by atoms with van der Waals surface area (Å²) < 4.78 is 0. The molecule has 1 atom stereocenters. The van der Waals surface area contributed by atoms with Gasteiger partial charge in [0.25, 0.3) is 0 Å². The molecule has 2 heterocycles. The summed E-state index contributed by atoms with van der Waals surface area (Å²) in [6.45, 7) is 4.92. The van der Waals surface area contributed by atoms with Crippen molar-refractivity contribution in [1.29, 1.82) is 0 Å².